The lowest BCUT2D eigenvalue weighted by atomic mass is 10.0. The second-order valence-electron chi connectivity index (χ2n) is 4.92. The number of hydrogen-bond donors (Lipinski definition) is 1. The molecule has 104 valence electrons. The van der Waals surface area contributed by atoms with Crippen LogP contribution in [-0.4, -0.2) is 9.97 Å². The number of rotatable bonds is 3. The van der Waals surface area contributed by atoms with Gasteiger partial charge in [0.1, 0.15) is 0 Å². The first-order chi connectivity index (χ1) is 10.3. The van der Waals surface area contributed by atoms with Crippen LogP contribution in [0.15, 0.2) is 65.8 Å². The van der Waals surface area contributed by atoms with Crippen molar-refractivity contribution in [3.8, 4) is 22.3 Å². The van der Waals surface area contributed by atoms with Crippen molar-refractivity contribution in [1.29, 1.82) is 0 Å². The Bertz CT molecular complexity index is 789. The lowest BCUT2D eigenvalue weighted by molar-refractivity contribution is 1.14. The minimum Gasteiger partial charge on any atom is -0.328 e. The second-order valence-corrected chi connectivity index (χ2v) is 4.92. The van der Waals surface area contributed by atoms with Gasteiger partial charge in [-0.05, 0) is 29.7 Å². The zero-order valence-electron chi connectivity index (χ0n) is 11.8. The molecule has 21 heavy (non-hydrogen) atoms. The van der Waals surface area contributed by atoms with Crippen LogP contribution in [0.3, 0.4) is 0 Å². The van der Waals surface area contributed by atoms with Crippen LogP contribution in [0.1, 0.15) is 12.5 Å². The normalized spacial score (nSPS) is 10.5. The molecule has 0 atom stereocenters. The lowest BCUT2D eigenvalue weighted by Gasteiger charge is -2.06. The molecule has 0 saturated carbocycles. The van der Waals surface area contributed by atoms with E-state index < -0.39 is 0 Å². The molecule has 0 spiro atoms. The molecule has 0 bridgehead atoms. The quantitative estimate of drug-likeness (QED) is 0.793. The first-order valence-electron chi connectivity index (χ1n) is 7.00. The van der Waals surface area contributed by atoms with E-state index in [0.29, 0.717) is 5.56 Å². The molecule has 0 aliphatic rings. The molecule has 0 radical (unpaired) electrons. The molecule has 0 aliphatic carbocycles. The number of hydrogen-bond acceptors (Lipinski definition) is 2. The molecule has 1 aromatic carbocycles. The van der Waals surface area contributed by atoms with Crippen LogP contribution in [0.25, 0.3) is 22.3 Å². The molecule has 1 N–H and O–H groups in total. The highest BCUT2D eigenvalue weighted by Crippen LogP contribution is 2.22. The number of aromatic amines is 1. The number of nitrogens with one attached hydrogen (secondary N) is 1. The number of benzene rings is 1. The number of pyridine rings is 2. The Morgan fingerprint density at radius 1 is 1.05 bits per heavy atom. The first-order valence-corrected chi connectivity index (χ1v) is 7.00. The van der Waals surface area contributed by atoms with E-state index in [2.05, 4.69) is 29.0 Å². The van der Waals surface area contributed by atoms with E-state index in [-0.39, 0.29) is 5.56 Å². The Kier molecular flexibility index (Phi) is 3.65. The van der Waals surface area contributed by atoms with Gasteiger partial charge in [-0.1, -0.05) is 37.3 Å². The number of aromatic nitrogens is 2. The third-order valence-corrected chi connectivity index (χ3v) is 3.57. The highest BCUT2D eigenvalue weighted by molar-refractivity contribution is 5.71. The van der Waals surface area contributed by atoms with Crippen molar-refractivity contribution in [2.24, 2.45) is 0 Å². The van der Waals surface area contributed by atoms with E-state index in [9.17, 15) is 4.79 Å². The summed E-state index contributed by atoms with van der Waals surface area (Å²) in [7, 11) is 0. The van der Waals surface area contributed by atoms with Crippen molar-refractivity contribution in [2.75, 3.05) is 0 Å². The van der Waals surface area contributed by atoms with Crippen LogP contribution in [0, 0.1) is 0 Å². The zero-order valence-corrected chi connectivity index (χ0v) is 11.8. The van der Waals surface area contributed by atoms with Gasteiger partial charge in [0.2, 0.25) is 0 Å². The summed E-state index contributed by atoms with van der Waals surface area (Å²) < 4.78 is 0. The smallest absolute Gasteiger partial charge is 0.255 e. The van der Waals surface area contributed by atoms with Crippen LogP contribution in [0.5, 0.6) is 0 Å². The van der Waals surface area contributed by atoms with Crippen molar-refractivity contribution in [3.63, 3.8) is 0 Å². The highest BCUT2D eigenvalue weighted by Gasteiger charge is 2.06. The summed E-state index contributed by atoms with van der Waals surface area (Å²) in [6.07, 6.45) is 6.24. The van der Waals surface area contributed by atoms with Crippen molar-refractivity contribution in [1.82, 2.24) is 9.97 Å². The summed E-state index contributed by atoms with van der Waals surface area (Å²) in [5, 5.41) is 0. The average molecular weight is 276 g/mol. The molecule has 2 heterocycles. The highest BCUT2D eigenvalue weighted by atomic mass is 16.1. The van der Waals surface area contributed by atoms with Crippen molar-refractivity contribution in [2.45, 2.75) is 13.3 Å². The lowest BCUT2D eigenvalue weighted by Crippen LogP contribution is -2.08. The predicted octanol–water partition coefficient (Wildman–Crippen LogP) is 3.67. The van der Waals surface area contributed by atoms with Gasteiger partial charge in [0.15, 0.2) is 0 Å². The van der Waals surface area contributed by atoms with Gasteiger partial charge in [-0.15, -0.1) is 0 Å². The topological polar surface area (TPSA) is 45.8 Å². The Morgan fingerprint density at radius 3 is 2.52 bits per heavy atom. The Labute approximate surface area is 123 Å². The van der Waals surface area contributed by atoms with Crippen LogP contribution in [0.4, 0.5) is 0 Å². The molecule has 0 amide bonds. The van der Waals surface area contributed by atoms with Gasteiger partial charge in [-0.25, -0.2) is 0 Å². The van der Waals surface area contributed by atoms with E-state index in [1.165, 1.54) is 5.56 Å². The van der Waals surface area contributed by atoms with Crippen LogP contribution in [0.2, 0.25) is 0 Å². The van der Waals surface area contributed by atoms with E-state index in [1.54, 1.807) is 18.6 Å². The predicted molar refractivity (Wildman–Crippen MR) is 85.1 cm³/mol. The first kappa shape index (κ1) is 13.3. The summed E-state index contributed by atoms with van der Waals surface area (Å²) in [6.45, 7) is 2.12. The largest absolute Gasteiger partial charge is 0.328 e. The van der Waals surface area contributed by atoms with Gasteiger partial charge in [0.25, 0.3) is 5.56 Å². The van der Waals surface area contributed by atoms with Crippen molar-refractivity contribution >= 4 is 0 Å². The van der Waals surface area contributed by atoms with E-state index in [1.807, 2.05) is 30.3 Å². The fraction of sp³-hybridized carbons (Fsp3) is 0.111. The van der Waals surface area contributed by atoms with E-state index in [4.69, 9.17) is 0 Å². The molecule has 0 saturated heterocycles. The SMILES string of the molecule is CCc1ccc(-c2cc(-c3cccnc3)c[nH]c2=O)cc1. The minimum atomic E-state index is -0.0770. The maximum absolute atomic E-state index is 12.1. The van der Waals surface area contributed by atoms with Crippen molar-refractivity contribution < 1.29 is 0 Å². The number of aryl methyl sites for hydroxylation is 1. The molecule has 0 aliphatic heterocycles. The maximum atomic E-state index is 12.1. The Morgan fingerprint density at radius 2 is 1.86 bits per heavy atom. The van der Waals surface area contributed by atoms with Crippen LogP contribution in [-0.2, 0) is 6.42 Å². The standard InChI is InChI=1S/C18H16N2O/c1-2-13-5-7-14(8-6-13)17-10-16(12-20-18(17)21)15-4-3-9-19-11-15/h3-12H,2H2,1H3,(H,20,21). The molecule has 3 nitrogen and oxygen atoms in total. The second kappa shape index (κ2) is 5.75. The van der Waals surface area contributed by atoms with Crippen LogP contribution < -0.4 is 5.56 Å². The number of nitrogens with zero attached hydrogens (tertiary/aromatic N) is 1. The van der Waals surface area contributed by atoms with E-state index >= 15 is 0 Å². The van der Waals surface area contributed by atoms with E-state index in [0.717, 1.165) is 23.1 Å². The molecular formula is C18H16N2O. The third-order valence-electron chi connectivity index (χ3n) is 3.57. The number of H-pyrrole nitrogens is 1. The average Bonchev–Trinajstić information content (AvgIpc) is 2.56. The third kappa shape index (κ3) is 2.77. The van der Waals surface area contributed by atoms with Gasteiger partial charge in [0, 0.05) is 35.3 Å². The summed E-state index contributed by atoms with van der Waals surface area (Å²) in [5.74, 6) is 0. The van der Waals surface area contributed by atoms with Crippen molar-refractivity contribution in [3.05, 3.63) is 77.0 Å². The maximum Gasteiger partial charge on any atom is 0.255 e. The molecule has 3 aromatic rings. The van der Waals surface area contributed by atoms with Gasteiger partial charge in [-0.3, -0.25) is 9.78 Å². The fourth-order valence-electron chi connectivity index (χ4n) is 2.32. The monoisotopic (exact) mass is 276 g/mol. The Hall–Kier alpha value is -2.68. The molecular weight excluding hydrogens is 260 g/mol. The summed E-state index contributed by atoms with van der Waals surface area (Å²) >= 11 is 0. The van der Waals surface area contributed by atoms with Gasteiger partial charge in [-0.2, -0.15) is 0 Å². The minimum absolute atomic E-state index is 0.0770. The Balaban J connectivity index is 2.07. The molecule has 3 heteroatoms. The van der Waals surface area contributed by atoms with Gasteiger partial charge >= 0.3 is 0 Å². The molecule has 0 unspecified atom stereocenters. The van der Waals surface area contributed by atoms with Crippen LogP contribution >= 0.6 is 0 Å². The fourth-order valence-corrected chi connectivity index (χ4v) is 2.32. The summed E-state index contributed by atoms with van der Waals surface area (Å²) in [5.41, 5.74) is 4.74. The zero-order chi connectivity index (χ0) is 14.7. The molecule has 2 aromatic heterocycles. The molecule has 3 rings (SSSR count). The van der Waals surface area contributed by atoms with Gasteiger partial charge in [0.05, 0.1) is 0 Å². The summed E-state index contributed by atoms with van der Waals surface area (Å²) in [4.78, 5) is 19.0. The summed E-state index contributed by atoms with van der Waals surface area (Å²) in [6, 6.07) is 13.9. The van der Waals surface area contributed by atoms with Gasteiger partial charge < -0.3 is 4.98 Å². The molecule has 0 fully saturated rings.